The number of nitrogens with zero attached hydrogens (tertiary/aromatic N) is 2. The van der Waals surface area contributed by atoms with Crippen LogP contribution in [-0.4, -0.2) is 40.9 Å². The summed E-state index contributed by atoms with van der Waals surface area (Å²) in [4.78, 5) is 15.8. The summed E-state index contributed by atoms with van der Waals surface area (Å²) < 4.78 is 4.93. The van der Waals surface area contributed by atoms with Gasteiger partial charge >= 0.3 is 5.97 Å². The lowest BCUT2D eigenvalue weighted by Crippen LogP contribution is -2.32. The Labute approximate surface area is 80.8 Å². The SMILES string of the molecule is CC(CO)N(C)c1nc(C(=O)O)co1. The molecule has 14 heavy (non-hydrogen) atoms. The Hall–Kier alpha value is -1.56. The molecule has 6 heteroatoms. The third-order valence-corrected chi connectivity index (χ3v) is 1.94. The average molecular weight is 200 g/mol. The summed E-state index contributed by atoms with van der Waals surface area (Å²) in [5, 5.41) is 17.4. The largest absolute Gasteiger partial charge is 0.476 e. The molecule has 1 unspecified atom stereocenters. The first-order valence-corrected chi connectivity index (χ1v) is 4.08. The van der Waals surface area contributed by atoms with Crippen LogP contribution < -0.4 is 4.90 Å². The highest BCUT2D eigenvalue weighted by Gasteiger charge is 2.16. The van der Waals surface area contributed by atoms with E-state index in [1.54, 1.807) is 18.9 Å². The Balaban J connectivity index is 2.81. The summed E-state index contributed by atoms with van der Waals surface area (Å²) >= 11 is 0. The van der Waals surface area contributed by atoms with Crippen molar-refractivity contribution in [3.63, 3.8) is 0 Å². The molecule has 6 nitrogen and oxygen atoms in total. The number of rotatable bonds is 4. The normalized spacial score (nSPS) is 12.5. The number of aliphatic hydroxyl groups excluding tert-OH is 1. The maximum atomic E-state index is 10.5. The van der Waals surface area contributed by atoms with Crippen molar-refractivity contribution in [1.29, 1.82) is 0 Å². The van der Waals surface area contributed by atoms with Crippen molar-refractivity contribution < 1.29 is 19.4 Å². The van der Waals surface area contributed by atoms with Crippen molar-refractivity contribution in [2.24, 2.45) is 0 Å². The van der Waals surface area contributed by atoms with E-state index in [0.29, 0.717) is 0 Å². The highest BCUT2D eigenvalue weighted by Crippen LogP contribution is 2.14. The van der Waals surface area contributed by atoms with Gasteiger partial charge in [0.25, 0.3) is 6.01 Å². The fraction of sp³-hybridized carbons (Fsp3) is 0.500. The molecule has 0 spiro atoms. The fourth-order valence-corrected chi connectivity index (χ4v) is 0.836. The zero-order valence-corrected chi connectivity index (χ0v) is 7.97. The zero-order valence-electron chi connectivity index (χ0n) is 7.97. The number of hydrogen-bond donors (Lipinski definition) is 2. The first-order valence-electron chi connectivity index (χ1n) is 4.08. The van der Waals surface area contributed by atoms with Crippen LogP contribution in [0.15, 0.2) is 10.7 Å². The molecule has 1 heterocycles. The third kappa shape index (κ3) is 2.02. The van der Waals surface area contributed by atoms with Crippen LogP contribution in [0.4, 0.5) is 6.01 Å². The molecule has 0 aliphatic rings. The van der Waals surface area contributed by atoms with Crippen molar-refractivity contribution in [2.45, 2.75) is 13.0 Å². The summed E-state index contributed by atoms with van der Waals surface area (Å²) in [6.45, 7) is 1.71. The van der Waals surface area contributed by atoms with Crippen molar-refractivity contribution in [2.75, 3.05) is 18.6 Å². The van der Waals surface area contributed by atoms with E-state index in [0.717, 1.165) is 6.26 Å². The summed E-state index contributed by atoms with van der Waals surface area (Å²) in [6, 6.07) is 0.0132. The van der Waals surface area contributed by atoms with E-state index in [9.17, 15) is 4.79 Å². The molecule has 0 saturated carbocycles. The van der Waals surface area contributed by atoms with Gasteiger partial charge in [-0.05, 0) is 6.92 Å². The quantitative estimate of drug-likeness (QED) is 0.721. The van der Waals surface area contributed by atoms with E-state index in [2.05, 4.69) is 4.98 Å². The molecule has 1 atom stereocenters. The predicted octanol–water partition coefficient (Wildman–Crippen LogP) is 0.190. The monoisotopic (exact) mass is 200 g/mol. The van der Waals surface area contributed by atoms with E-state index < -0.39 is 5.97 Å². The summed E-state index contributed by atoms with van der Waals surface area (Å²) in [6.07, 6.45) is 1.07. The van der Waals surface area contributed by atoms with Crippen LogP contribution in [0.5, 0.6) is 0 Å². The number of carboxylic acid groups (broad SMARTS) is 1. The Bertz CT molecular complexity index is 323. The second-order valence-corrected chi connectivity index (χ2v) is 2.96. The van der Waals surface area contributed by atoms with Crippen LogP contribution in [0.3, 0.4) is 0 Å². The summed E-state index contributed by atoms with van der Waals surface area (Å²) in [5.74, 6) is -1.13. The number of likely N-dealkylation sites (N-methyl/N-ethyl adjacent to an activating group) is 1. The average Bonchev–Trinajstić information content (AvgIpc) is 2.64. The minimum absolute atomic E-state index is 0.0543. The summed E-state index contributed by atoms with van der Waals surface area (Å²) in [7, 11) is 1.67. The Morgan fingerprint density at radius 3 is 2.86 bits per heavy atom. The topological polar surface area (TPSA) is 86.8 Å². The molecule has 1 rings (SSSR count). The molecular weight excluding hydrogens is 188 g/mol. The number of hydrogen-bond acceptors (Lipinski definition) is 5. The summed E-state index contributed by atoms with van der Waals surface area (Å²) in [5.41, 5.74) is -0.142. The molecule has 0 radical (unpaired) electrons. The maximum Gasteiger partial charge on any atom is 0.357 e. The van der Waals surface area contributed by atoms with Gasteiger partial charge < -0.3 is 19.5 Å². The van der Waals surface area contributed by atoms with Crippen LogP contribution in [0.25, 0.3) is 0 Å². The molecule has 0 fully saturated rings. The van der Waals surface area contributed by atoms with Gasteiger partial charge in [0.1, 0.15) is 6.26 Å². The minimum Gasteiger partial charge on any atom is -0.476 e. The van der Waals surface area contributed by atoms with Gasteiger partial charge in [-0.1, -0.05) is 0 Å². The van der Waals surface area contributed by atoms with Gasteiger partial charge in [-0.25, -0.2) is 4.79 Å². The Morgan fingerprint density at radius 1 is 1.79 bits per heavy atom. The lowest BCUT2D eigenvalue weighted by Gasteiger charge is -2.20. The van der Waals surface area contributed by atoms with Crippen LogP contribution in [0.1, 0.15) is 17.4 Å². The van der Waals surface area contributed by atoms with Crippen molar-refractivity contribution in [3.05, 3.63) is 12.0 Å². The lowest BCUT2D eigenvalue weighted by molar-refractivity contribution is 0.0690. The maximum absolute atomic E-state index is 10.5. The van der Waals surface area contributed by atoms with Crippen LogP contribution in [0.2, 0.25) is 0 Å². The molecule has 2 N–H and O–H groups in total. The highest BCUT2D eigenvalue weighted by atomic mass is 16.4. The molecule has 0 amide bonds. The van der Waals surface area contributed by atoms with Crippen molar-refractivity contribution in [3.8, 4) is 0 Å². The number of aromatic carboxylic acids is 1. The Kier molecular flexibility index (Phi) is 3.08. The molecule has 78 valence electrons. The van der Waals surface area contributed by atoms with E-state index in [1.807, 2.05) is 0 Å². The fourth-order valence-electron chi connectivity index (χ4n) is 0.836. The molecule has 1 aromatic rings. The standard InChI is InChI=1S/C8H12N2O4/c1-5(3-11)10(2)8-9-6(4-14-8)7(12)13/h4-5,11H,3H2,1-2H3,(H,12,13). The molecule has 0 saturated heterocycles. The lowest BCUT2D eigenvalue weighted by atomic mass is 10.3. The van der Waals surface area contributed by atoms with E-state index in [4.69, 9.17) is 14.6 Å². The van der Waals surface area contributed by atoms with Gasteiger partial charge in [0.05, 0.1) is 12.6 Å². The minimum atomic E-state index is -1.13. The van der Waals surface area contributed by atoms with Crippen molar-refractivity contribution >= 4 is 12.0 Å². The van der Waals surface area contributed by atoms with Gasteiger partial charge in [-0.3, -0.25) is 0 Å². The number of oxazole rings is 1. The number of aliphatic hydroxyl groups is 1. The first-order chi connectivity index (χ1) is 6.56. The molecule has 1 aromatic heterocycles. The van der Waals surface area contributed by atoms with Crippen LogP contribution >= 0.6 is 0 Å². The van der Waals surface area contributed by atoms with Crippen molar-refractivity contribution in [1.82, 2.24) is 4.98 Å². The van der Waals surface area contributed by atoms with Gasteiger partial charge in [-0.2, -0.15) is 4.98 Å². The van der Waals surface area contributed by atoms with Gasteiger partial charge in [0.2, 0.25) is 0 Å². The first kappa shape index (κ1) is 10.5. The molecule has 0 bridgehead atoms. The van der Waals surface area contributed by atoms with E-state index in [1.165, 1.54) is 0 Å². The third-order valence-electron chi connectivity index (χ3n) is 1.94. The zero-order chi connectivity index (χ0) is 10.7. The number of carbonyl (C=O) groups is 1. The predicted molar refractivity (Wildman–Crippen MR) is 48.4 cm³/mol. The molecular formula is C8H12N2O4. The molecule has 0 aromatic carbocycles. The number of anilines is 1. The van der Waals surface area contributed by atoms with Crippen LogP contribution in [-0.2, 0) is 0 Å². The van der Waals surface area contributed by atoms with Gasteiger partial charge in [0, 0.05) is 7.05 Å². The second-order valence-electron chi connectivity index (χ2n) is 2.96. The second kappa shape index (κ2) is 4.10. The van der Waals surface area contributed by atoms with Gasteiger partial charge in [0.15, 0.2) is 5.69 Å². The number of carboxylic acids is 1. The van der Waals surface area contributed by atoms with Gasteiger partial charge in [-0.15, -0.1) is 0 Å². The van der Waals surface area contributed by atoms with Crippen LogP contribution in [0, 0.1) is 0 Å². The van der Waals surface area contributed by atoms with E-state index >= 15 is 0 Å². The molecule has 0 aliphatic heterocycles. The highest BCUT2D eigenvalue weighted by molar-refractivity contribution is 5.85. The van der Waals surface area contributed by atoms with E-state index in [-0.39, 0.29) is 24.4 Å². The number of aromatic nitrogens is 1. The smallest absolute Gasteiger partial charge is 0.357 e. The molecule has 0 aliphatic carbocycles. The Morgan fingerprint density at radius 2 is 2.43 bits per heavy atom.